The quantitative estimate of drug-likeness (QED) is 0.610. The van der Waals surface area contributed by atoms with Gasteiger partial charge in [-0.15, -0.1) is 0 Å². The maximum Gasteiger partial charge on any atom is 0.338 e. The summed E-state index contributed by atoms with van der Waals surface area (Å²) in [4.78, 5) is 11.6. The van der Waals surface area contributed by atoms with E-state index in [0.29, 0.717) is 5.56 Å². The molecule has 2 aromatic carbocycles. The van der Waals surface area contributed by atoms with Crippen molar-refractivity contribution in [3.8, 4) is 0 Å². The number of benzene rings is 2. The topological polar surface area (TPSA) is 26.3 Å². The highest BCUT2D eigenvalue weighted by molar-refractivity contribution is 5.94. The molecule has 19 heavy (non-hydrogen) atoms. The van der Waals surface area contributed by atoms with E-state index in [9.17, 15) is 4.79 Å². The van der Waals surface area contributed by atoms with Crippen LogP contribution in [0.5, 0.6) is 0 Å². The van der Waals surface area contributed by atoms with Crippen molar-refractivity contribution in [1.29, 1.82) is 0 Å². The molecule has 0 aliphatic rings. The first-order chi connectivity index (χ1) is 9.20. The molecular formula is C17H16O2. The molecule has 96 valence electrons. The number of carbonyl (C=O) groups is 1. The molecule has 0 aromatic heterocycles. The third kappa shape index (κ3) is 3.32. The molecule has 2 rings (SSSR count). The molecule has 2 aromatic rings. The van der Waals surface area contributed by atoms with Gasteiger partial charge in [0, 0.05) is 0 Å². The van der Waals surface area contributed by atoms with Crippen molar-refractivity contribution >= 4 is 18.1 Å². The highest BCUT2D eigenvalue weighted by Crippen LogP contribution is 2.14. The summed E-state index contributed by atoms with van der Waals surface area (Å²) in [5.41, 5.74) is 3.76. The third-order valence-electron chi connectivity index (χ3n) is 2.90. The Hall–Kier alpha value is -2.35. The lowest BCUT2D eigenvalue weighted by Crippen LogP contribution is -2.02. The summed E-state index contributed by atoms with van der Waals surface area (Å²) >= 11 is 0. The number of ether oxygens (including phenoxy) is 1. The Morgan fingerprint density at radius 3 is 2.37 bits per heavy atom. The Balaban J connectivity index is 2.28. The summed E-state index contributed by atoms with van der Waals surface area (Å²) in [6.45, 7) is 2.06. The summed E-state index contributed by atoms with van der Waals surface area (Å²) in [5.74, 6) is -0.316. The van der Waals surface area contributed by atoms with E-state index in [0.717, 1.165) is 11.1 Å². The fraction of sp³-hybridized carbons (Fsp3) is 0.118. The molecule has 0 fully saturated rings. The summed E-state index contributed by atoms with van der Waals surface area (Å²) in [7, 11) is 1.39. The van der Waals surface area contributed by atoms with Gasteiger partial charge in [-0.05, 0) is 24.1 Å². The summed E-state index contributed by atoms with van der Waals surface area (Å²) in [6, 6.07) is 15.6. The van der Waals surface area contributed by atoms with E-state index in [1.54, 1.807) is 6.07 Å². The number of carbonyl (C=O) groups excluding carboxylic acids is 1. The van der Waals surface area contributed by atoms with Crippen molar-refractivity contribution in [3.05, 3.63) is 70.8 Å². The Morgan fingerprint density at radius 2 is 1.68 bits per heavy atom. The van der Waals surface area contributed by atoms with E-state index in [1.165, 1.54) is 12.7 Å². The monoisotopic (exact) mass is 252 g/mol. The smallest absolute Gasteiger partial charge is 0.338 e. The van der Waals surface area contributed by atoms with Gasteiger partial charge in [0.2, 0.25) is 0 Å². The molecule has 0 bridgehead atoms. The van der Waals surface area contributed by atoms with Crippen molar-refractivity contribution in [2.75, 3.05) is 7.11 Å². The average molecular weight is 252 g/mol. The van der Waals surface area contributed by atoms with Gasteiger partial charge in [0.25, 0.3) is 0 Å². The van der Waals surface area contributed by atoms with Crippen LogP contribution in [0.3, 0.4) is 0 Å². The maximum absolute atomic E-state index is 11.6. The van der Waals surface area contributed by atoms with Crippen LogP contribution in [0.15, 0.2) is 48.5 Å². The molecule has 0 spiro atoms. The van der Waals surface area contributed by atoms with Crippen molar-refractivity contribution in [2.24, 2.45) is 0 Å². The predicted molar refractivity (Wildman–Crippen MR) is 77.9 cm³/mol. The molecule has 0 aliphatic carbocycles. The van der Waals surface area contributed by atoms with Crippen molar-refractivity contribution in [1.82, 2.24) is 0 Å². The fourth-order valence-corrected chi connectivity index (χ4v) is 1.80. The molecule has 2 nitrogen and oxygen atoms in total. The number of hydrogen-bond acceptors (Lipinski definition) is 2. The van der Waals surface area contributed by atoms with E-state index < -0.39 is 0 Å². The zero-order valence-corrected chi connectivity index (χ0v) is 11.1. The molecule has 2 heteroatoms. The number of methoxy groups -OCH3 is 1. The largest absolute Gasteiger partial charge is 0.465 e. The fourth-order valence-electron chi connectivity index (χ4n) is 1.80. The second-order valence-corrected chi connectivity index (χ2v) is 4.32. The van der Waals surface area contributed by atoms with Crippen molar-refractivity contribution in [2.45, 2.75) is 6.92 Å². The molecular weight excluding hydrogens is 236 g/mol. The molecule has 0 unspecified atom stereocenters. The molecule has 0 heterocycles. The van der Waals surface area contributed by atoms with Crippen molar-refractivity contribution in [3.63, 3.8) is 0 Å². The van der Waals surface area contributed by atoms with Gasteiger partial charge in [-0.25, -0.2) is 4.79 Å². The Morgan fingerprint density at radius 1 is 1.00 bits per heavy atom. The van der Waals surface area contributed by atoms with Crippen LogP contribution in [0.1, 0.15) is 27.0 Å². The SMILES string of the molecule is COC(=O)c1ccccc1/C=C\c1ccc(C)cc1. The lowest BCUT2D eigenvalue weighted by Gasteiger charge is -2.03. The Kier molecular flexibility index (Phi) is 4.14. The predicted octanol–water partition coefficient (Wildman–Crippen LogP) is 3.95. The van der Waals surface area contributed by atoms with E-state index in [4.69, 9.17) is 4.74 Å². The molecule has 0 N–H and O–H groups in total. The first-order valence-electron chi connectivity index (χ1n) is 6.13. The second-order valence-electron chi connectivity index (χ2n) is 4.32. The first-order valence-corrected chi connectivity index (χ1v) is 6.13. The van der Waals surface area contributed by atoms with Gasteiger partial charge in [-0.1, -0.05) is 60.2 Å². The summed E-state index contributed by atoms with van der Waals surface area (Å²) in [6.07, 6.45) is 3.91. The van der Waals surface area contributed by atoms with Gasteiger partial charge in [0.05, 0.1) is 12.7 Å². The highest BCUT2D eigenvalue weighted by Gasteiger charge is 2.08. The molecule has 0 atom stereocenters. The van der Waals surface area contributed by atoms with Gasteiger partial charge in [0.1, 0.15) is 0 Å². The summed E-state index contributed by atoms with van der Waals surface area (Å²) < 4.78 is 4.77. The summed E-state index contributed by atoms with van der Waals surface area (Å²) in [5, 5.41) is 0. The van der Waals surface area contributed by atoms with Gasteiger partial charge in [-0.3, -0.25) is 0 Å². The zero-order valence-electron chi connectivity index (χ0n) is 11.1. The number of hydrogen-bond donors (Lipinski definition) is 0. The standard InChI is InChI=1S/C17H16O2/c1-13-7-9-14(10-8-13)11-12-15-5-3-4-6-16(15)17(18)19-2/h3-12H,1-2H3/b12-11-. The molecule has 0 saturated carbocycles. The van der Waals surface area contributed by atoms with Crippen LogP contribution in [0, 0.1) is 6.92 Å². The number of aryl methyl sites for hydroxylation is 1. The zero-order chi connectivity index (χ0) is 13.7. The van der Waals surface area contributed by atoms with Crippen LogP contribution in [-0.2, 0) is 4.74 Å². The lowest BCUT2D eigenvalue weighted by molar-refractivity contribution is 0.0600. The van der Waals surface area contributed by atoms with E-state index in [2.05, 4.69) is 19.1 Å². The minimum Gasteiger partial charge on any atom is -0.465 e. The maximum atomic E-state index is 11.6. The number of esters is 1. The van der Waals surface area contributed by atoms with Crippen LogP contribution < -0.4 is 0 Å². The van der Waals surface area contributed by atoms with Crippen LogP contribution in [0.4, 0.5) is 0 Å². The first kappa shape index (κ1) is 13.1. The van der Waals surface area contributed by atoms with Crippen molar-refractivity contribution < 1.29 is 9.53 Å². The molecule has 0 radical (unpaired) electrons. The minimum atomic E-state index is -0.316. The molecule has 0 saturated heterocycles. The van der Waals surface area contributed by atoms with Gasteiger partial charge in [-0.2, -0.15) is 0 Å². The van der Waals surface area contributed by atoms with E-state index in [1.807, 2.05) is 42.5 Å². The van der Waals surface area contributed by atoms with Gasteiger partial charge in [0.15, 0.2) is 0 Å². The van der Waals surface area contributed by atoms with Crippen LogP contribution in [0.25, 0.3) is 12.2 Å². The molecule has 0 aliphatic heterocycles. The van der Waals surface area contributed by atoms with Gasteiger partial charge >= 0.3 is 5.97 Å². The highest BCUT2D eigenvalue weighted by atomic mass is 16.5. The second kappa shape index (κ2) is 6.01. The molecule has 0 amide bonds. The Bertz CT molecular complexity index is 595. The number of rotatable bonds is 3. The van der Waals surface area contributed by atoms with Crippen LogP contribution in [-0.4, -0.2) is 13.1 Å². The third-order valence-corrected chi connectivity index (χ3v) is 2.90. The minimum absolute atomic E-state index is 0.316. The van der Waals surface area contributed by atoms with E-state index in [-0.39, 0.29) is 5.97 Å². The van der Waals surface area contributed by atoms with Crippen LogP contribution in [0.2, 0.25) is 0 Å². The van der Waals surface area contributed by atoms with Gasteiger partial charge < -0.3 is 4.74 Å². The Labute approximate surface area is 113 Å². The normalized spacial score (nSPS) is 10.6. The average Bonchev–Trinajstić information content (AvgIpc) is 2.46. The lowest BCUT2D eigenvalue weighted by atomic mass is 10.1. The van der Waals surface area contributed by atoms with Crippen LogP contribution >= 0.6 is 0 Å². The van der Waals surface area contributed by atoms with E-state index >= 15 is 0 Å².